The van der Waals surface area contributed by atoms with Gasteiger partial charge in [0, 0.05) is 18.8 Å². The average molecular weight is 368 g/mol. The molecule has 0 unspecified atom stereocenters. The van der Waals surface area contributed by atoms with Crippen LogP contribution in [0.1, 0.15) is 76.2 Å². The van der Waals surface area contributed by atoms with Crippen LogP contribution in [0.5, 0.6) is 0 Å². The Hall–Kier alpha value is -2.28. The topological polar surface area (TPSA) is 64.9 Å². The number of carbonyl (C=O) groups is 1. The lowest BCUT2D eigenvalue weighted by molar-refractivity contribution is -0.117. The summed E-state index contributed by atoms with van der Waals surface area (Å²) in [5.74, 6) is -0.254. The highest BCUT2D eigenvalue weighted by Gasteiger charge is 2.15. The summed E-state index contributed by atoms with van der Waals surface area (Å²) in [5, 5.41) is 15.5. The van der Waals surface area contributed by atoms with Crippen LogP contribution in [0.4, 0.5) is 0 Å². The maximum Gasteiger partial charge on any atom is 0.263 e. The van der Waals surface area contributed by atoms with Crippen LogP contribution in [0.25, 0.3) is 0 Å². The van der Waals surface area contributed by atoms with Gasteiger partial charge in [-0.15, -0.1) is 0 Å². The molecular weight excluding hydrogens is 334 g/mol. The summed E-state index contributed by atoms with van der Waals surface area (Å²) < 4.78 is 0. The molecule has 1 aromatic rings. The van der Waals surface area contributed by atoms with Crippen molar-refractivity contribution in [3.8, 4) is 6.07 Å². The van der Waals surface area contributed by atoms with E-state index in [1.807, 2.05) is 36.4 Å². The van der Waals surface area contributed by atoms with Gasteiger partial charge in [-0.3, -0.25) is 4.79 Å². The predicted octanol–water partition coefficient (Wildman–Crippen LogP) is 4.97. The summed E-state index contributed by atoms with van der Waals surface area (Å²) >= 11 is 0. The molecule has 2 N–H and O–H groups in total. The van der Waals surface area contributed by atoms with E-state index in [1.165, 1.54) is 51.1 Å². The standard InChI is InChI=1S/C23H33N3O/c24-17-21(19-25-18-20-13-9-8-10-14-20)23(27)26-22-15-11-6-4-2-1-3-5-7-12-16-22/h8-10,13-14,19,22,25H,1-7,11-12,15-16,18H2,(H,26,27)/b21-19-. The van der Waals surface area contributed by atoms with Crippen molar-refractivity contribution in [2.24, 2.45) is 0 Å². The first kappa shape index (κ1) is 21.0. The van der Waals surface area contributed by atoms with Crippen molar-refractivity contribution in [1.82, 2.24) is 10.6 Å². The zero-order valence-electron chi connectivity index (χ0n) is 16.4. The van der Waals surface area contributed by atoms with E-state index in [9.17, 15) is 10.1 Å². The molecule has 1 saturated carbocycles. The van der Waals surface area contributed by atoms with Gasteiger partial charge in [0.25, 0.3) is 5.91 Å². The highest BCUT2D eigenvalue weighted by Crippen LogP contribution is 2.17. The average Bonchev–Trinajstić information content (AvgIpc) is 2.68. The van der Waals surface area contributed by atoms with Gasteiger partial charge < -0.3 is 10.6 Å². The van der Waals surface area contributed by atoms with Gasteiger partial charge in [-0.05, 0) is 18.4 Å². The number of nitriles is 1. The first-order valence-electron chi connectivity index (χ1n) is 10.5. The molecule has 1 fully saturated rings. The van der Waals surface area contributed by atoms with Gasteiger partial charge in [0.2, 0.25) is 0 Å². The van der Waals surface area contributed by atoms with E-state index >= 15 is 0 Å². The first-order valence-corrected chi connectivity index (χ1v) is 10.5. The molecule has 146 valence electrons. The summed E-state index contributed by atoms with van der Waals surface area (Å²) in [6.07, 6.45) is 15.0. The van der Waals surface area contributed by atoms with E-state index in [1.54, 1.807) is 0 Å². The van der Waals surface area contributed by atoms with E-state index in [2.05, 4.69) is 10.6 Å². The lowest BCUT2D eigenvalue weighted by Crippen LogP contribution is -2.36. The number of nitrogens with zero attached hydrogens (tertiary/aromatic N) is 1. The van der Waals surface area contributed by atoms with Crippen LogP contribution in [-0.2, 0) is 11.3 Å². The van der Waals surface area contributed by atoms with Gasteiger partial charge in [0.05, 0.1) is 0 Å². The van der Waals surface area contributed by atoms with Crippen LogP contribution in [0.3, 0.4) is 0 Å². The second-order valence-electron chi connectivity index (χ2n) is 7.47. The number of hydrogen-bond acceptors (Lipinski definition) is 3. The van der Waals surface area contributed by atoms with Gasteiger partial charge in [-0.1, -0.05) is 88.1 Å². The zero-order chi connectivity index (χ0) is 19.2. The van der Waals surface area contributed by atoms with Crippen molar-refractivity contribution in [2.45, 2.75) is 83.2 Å². The van der Waals surface area contributed by atoms with Crippen LogP contribution in [0.2, 0.25) is 0 Å². The van der Waals surface area contributed by atoms with Crippen LogP contribution in [-0.4, -0.2) is 11.9 Å². The molecule has 4 heteroatoms. The molecule has 0 radical (unpaired) electrons. The van der Waals surface area contributed by atoms with E-state index in [4.69, 9.17) is 0 Å². The van der Waals surface area contributed by atoms with Crippen LogP contribution in [0, 0.1) is 11.3 Å². The Kier molecular flexibility index (Phi) is 10.1. The monoisotopic (exact) mass is 367 g/mol. The van der Waals surface area contributed by atoms with Gasteiger partial charge in [0.15, 0.2) is 0 Å². The predicted molar refractivity (Wildman–Crippen MR) is 110 cm³/mol. The Bertz CT molecular complexity index is 606. The van der Waals surface area contributed by atoms with Crippen LogP contribution >= 0.6 is 0 Å². The first-order chi connectivity index (χ1) is 13.3. The van der Waals surface area contributed by atoms with Crippen LogP contribution in [0.15, 0.2) is 42.1 Å². The van der Waals surface area contributed by atoms with Gasteiger partial charge in [-0.25, -0.2) is 0 Å². The Morgan fingerprint density at radius 3 is 2.07 bits per heavy atom. The number of nitrogens with one attached hydrogen (secondary N) is 2. The molecule has 0 aromatic heterocycles. The van der Waals surface area contributed by atoms with E-state index in [0.717, 1.165) is 31.2 Å². The molecule has 0 spiro atoms. The minimum absolute atomic E-state index is 0.150. The van der Waals surface area contributed by atoms with Crippen molar-refractivity contribution < 1.29 is 4.79 Å². The number of rotatable bonds is 5. The summed E-state index contributed by atoms with van der Waals surface area (Å²) in [7, 11) is 0. The van der Waals surface area contributed by atoms with E-state index < -0.39 is 0 Å². The van der Waals surface area contributed by atoms with E-state index in [0.29, 0.717) is 6.54 Å². The van der Waals surface area contributed by atoms with Crippen LogP contribution < -0.4 is 10.6 Å². The molecule has 0 aliphatic heterocycles. The number of carbonyl (C=O) groups excluding carboxylic acids is 1. The third-order valence-corrected chi connectivity index (χ3v) is 5.20. The van der Waals surface area contributed by atoms with E-state index in [-0.39, 0.29) is 17.5 Å². The number of benzene rings is 1. The third-order valence-electron chi connectivity index (χ3n) is 5.20. The maximum absolute atomic E-state index is 12.5. The summed E-state index contributed by atoms with van der Waals surface area (Å²) in [6.45, 7) is 0.600. The molecule has 2 rings (SSSR count). The van der Waals surface area contributed by atoms with Gasteiger partial charge in [-0.2, -0.15) is 5.26 Å². The molecule has 1 amide bonds. The maximum atomic E-state index is 12.5. The smallest absolute Gasteiger partial charge is 0.263 e. The highest BCUT2D eigenvalue weighted by atomic mass is 16.1. The molecule has 0 heterocycles. The zero-order valence-corrected chi connectivity index (χ0v) is 16.4. The van der Waals surface area contributed by atoms with Crippen molar-refractivity contribution in [3.05, 3.63) is 47.7 Å². The molecular formula is C23H33N3O. The Balaban J connectivity index is 1.84. The van der Waals surface area contributed by atoms with Crippen molar-refractivity contribution in [1.29, 1.82) is 5.26 Å². The Morgan fingerprint density at radius 2 is 1.52 bits per heavy atom. The lowest BCUT2D eigenvalue weighted by Gasteiger charge is -2.19. The number of amides is 1. The Morgan fingerprint density at radius 1 is 0.963 bits per heavy atom. The SMILES string of the molecule is N#C/C(=C/NCc1ccccc1)C(=O)NC1CCCCCCCCCCC1. The van der Waals surface area contributed by atoms with Crippen molar-refractivity contribution >= 4 is 5.91 Å². The largest absolute Gasteiger partial charge is 0.386 e. The summed E-state index contributed by atoms with van der Waals surface area (Å²) in [6, 6.07) is 12.2. The van der Waals surface area contributed by atoms with Gasteiger partial charge >= 0.3 is 0 Å². The molecule has 1 aliphatic rings. The molecule has 27 heavy (non-hydrogen) atoms. The minimum atomic E-state index is -0.254. The molecule has 1 aromatic carbocycles. The fourth-order valence-corrected chi connectivity index (χ4v) is 3.59. The highest BCUT2D eigenvalue weighted by molar-refractivity contribution is 5.97. The number of hydrogen-bond donors (Lipinski definition) is 2. The normalized spacial score (nSPS) is 17.8. The van der Waals surface area contributed by atoms with Crippen molar-refractivity contribution in [3.63, 3.8) is 0 Å². The van der Waals surface area contributed by atoms with Crippen molar-refractivity contribution in [2.75, 3.05) is 0 Å². The fraction of sp³-hybridized carbons (Fsp3) is 0.565. The molecule has 0 saturated heterocycles. The molecule has 0 atom stereocenters. The second kappa shape index (κ2) is 13.0. The third kappa shape index (κ3) is 8.77. The quantitative estimate of drug-likeness (QED) is 0.570. The second-order valence-corrected chi connectivity index (χ2v) is 7.47. The molecule has 1 aliphatic carbocycles. The fourth-order valence-electron chi connectivity index (χ4n) is 3.59. The summed E-state index contributed by atoms with van der Waals surface area (Å²) in [5.41, 5.74) is 1.27. The lowest BCUT2D eigenvalue weighted by atomic mass is 9.98. The minimum Gasteiger partial charge on any atom is -0.386 e. The Labute approximate surface area is 164 Å². The molecule has 0 bridgehead atoms. The van der Waals surface area contributed by atoms with Gasteiger partial charge in [0.1, 0.15) is 11.6 Å². The summed E-state index contributed by atoms with van der Waals surface area (Å²) in [4.78, 5) is 12.5. The molecule has 4 nitrogen and oxygen atoms in total.